The van der Waals surface area contributed by atoms with Gasteiger partial charge >= 0.3 is 0 Å². The molecule has 0 atom stereocenters. The van der Waals surface area contributed by atoms with Gasteiger partial charge in [-0.2, -0.15) is 0 Å². The van der Waals surface area contributed by atoms with E-state index in [1.807, 2.05) is 36.4 Å². The molecular formula is C23H25N5O2S. The van der Waals surface area contributed by atoms with E-state index < -0.39 is 5.91 Å². The second-order valence-electron chi connectivity index (χ2n) is 7.32. The van der Waals surface area contributed by atoms with Gasteiger partial charge in [-0.1, -0.05) is 48.5 Å². The van der Waals surface area contributed by atoms with Gasteiger partial charge in [0.1, 0.15) is 10.7 Å². The van der Waals surface area contributed by atoms with Crippen molar-refractivity contribution in [1.82, 2.24) is 20.7 Å². The van der Waals surface area contributed by atoms with E-state index in [2.05, 4.69) is 49.9 Å². The summed E-state index contributed by atoms with van der Waals surface area (Å²) in [5.41, 5.74) is 7.44. The summed E-state index contributed by atoms with van der Waals surface area (Å²) in [4.78, 5) is 33.4. The lowest BCUT2D eigenvalue weighted by Gasteiger charge is -2.36. The summed E-state index contributed by atoms with van der Waals surface area (Å²) < 4.78 is 0. The Morgan fingerprint density at radius 2 is 1.58 bits per heavy atom. The van der Waals surface area contributed by atoms with Crippen molar-refractivity contribution >= 4 is 28.8 Å². The first-order chi connectivity index (χ1) is 15.2. The van der Waals surface area contributed by atoms with Gasteiger partial charge in [0.15, 0.2) is 0 Å². The monoisotopic (exact) mass is 435 g/mol. The zero-order valence-corrected chi connectivity index (χ0v) is 18.0. The van der Waals surface area contributed by atoms with E-state index in [0.717, 1.165) is 36.8 Å². The Morgan fingerprint density at radius 1 is 0.903 bits per heavy atom. The number of anilines is 1. The molecule has 2 amide bonds. The first-order valence-corrected chi connectivity index (χ1v) is 11.2. The van der Waals surface area contributed by atoms with E-state index in [-0.39, 0.29) is 5.91 Å². The molecular weight excluding hydrogens is 410 g/mol. The van der Waals surface area contributed by atoms with Gasteiger partial charge in [-0.05, 0) is 12.1 Å². The van der Waals surface area contributed by atoms with Gasteiger partial charge in [-0.25, -0.2) is 4.98 Å². The quantitative estimate of drug-likeness (QED) is 0.582. The van der Waals surface area contributed by atoms with Crippen LogP contribution in [0.3, 0.4) is 0 Å². The lowest BCUT2D eigenvalue weighted by Crippen LogP contribution is -2.48. The van der Waals surface area contributed by atoms with Crippen molar-refractivity contribution in [1.29, 1.82) is 0 Å². The van der Waals surface area contributed by atoms with Gasteiger partial charge in [-0.3, -0.25) is 25.3 Å². The lowest BCUT2D eigenvalue weighted by atomic mass is 10.2. The molecule has 2 heterocycles. The Balaban J connectivity index is 1.17. The minimum Gasteiger partial charge on any atom is -0.369 e. The summed E-state index contributed by atoms with van der Waals surface area (Å²) in [6.45, 7) is 4.37. The molecule has 0 aliphatic carbocycles. The van der Waals surface area contributed by atoms with Gasteiger partial charge in [0.2, 0.25) is 5.91 Å². The third kappa shape index (κ3) is 5.68. The molecule has 3 aromatic rings. The van der Waals surface area contributed by atoms with E-state index >= 15 is 0 Å². The molecule has 0 unspecified atom stereocenters. The van der Waals surface area contributed by atoms with E-state index in [4.69, 9.17) is 0 Å². The molecule has 1 aromatic heterocycles. The first kappa shape index (κ1) is 21.0. The second kappa shape index (κ2) is 10.2. The summed E-state index contributed by atoms with van der Waals surface area (Å²) in [5, 5.41) is 2.46. The molecule has 7 nitrogen and oxygen atoms in total. The average Bonchev–Trinajstić information content (AvgIpc) is 3.33. The molecule has 1 aliphatic rings. The van der Waals surface area contributed by atoms with Crippen LogP contribution in [-0.2, 0) is 4.79 Å². The van der Waals surface area contributed by atoms with Gasteiger partial charge < -0.3 is 4.90 Å². The third-order valence-electron chi connectivity index (χ3n) is 5.22. The Bertz CT molecular complexity index is 1000. The van der Waals surface area contributed by atoms with Crippen LogP contribution in [0.15, 0.2) is 66.0 Å². The van der Waals surface area contributed by atoms with Gasteiger partial charge in [0.05, 0.1) is 0 Å². The highest BCUT2D eigenvalue weighted by molar-refractivity contribution is 7.13. The number of para-hydroxylation sites is 1. The Hall–Kier alpha value is -3.23. The number of nitrogens with zero attached hydrogens (tertiary/aromatic N) is 3. The fraction of sp³-hybridized carbons (Fsp3) is 0.261. The molecule has 0 bridgehead atoms. The maximum atomic E-state index is 12.3. The highest BCUT2D eigenvalue weighted by Gasteiger charge is 2.18. The molecule has 2 aromatic carbocycles. The number of piperazine rings is 1. The minimum atomic E-state index is -0.414. The Labute approximate surface area is 185 Å². The maximum Gasteiger partial charge on any atom is 0.289 e. The number of nitrogens with one attached hydrogen (secondary N) is 2. The number of carbonyl (C=O) groups is 2. The predicted molar refractivity (Wildman–Crippen MR) is 123 cm³/mol. The van der Waals surface area contributed by atoms with E-state index in [1.54, 1.807) is 5.38 Å². The van der Waals surface area contributed by atoms with Crippen molar-refractivity contribution in [3.8, 4) is 10.6 Å². The van der Waals surface area contributed by atoms with Crippen LogP contribution < -0.4 is 15.8 Å². The summed E-state index contributed by atoms with van der Waals surface area (Å²) in [6.07, 6.45) is 0.331. The zero-order chi connectivity index (χ0) is 21.5. The van der Waals surface area contributed by atoms with E-state index in [1.165, 1.54) is 17.0 Å². The normalized spacial score (nSPS) is 14.3. The number of hydrazine groups is 1. The average molecular weight is 436 g/mol. The SMILES string of the molecule is O=C(CCN1CCN(c2ccccc2)CC1)NNC(=O)c1csc(-c2ccccc2)n1. The van der Waals surface area contributed by atoms with Crippen LogP contribution in [0.2, 0.25) is 0 Å². The topological polar surface area (TPSA) is 77.6 Å². The van der Waals surface area contributed by atoms with Gasteiger partial charge in [0, 0.05) is 55.8 Å². The number of aromatic nitrogens is 1. The molecule has 0 saturated carbocycles. The third-order valence-corrected chi connectivity index (χ3v) is 6.11. The maximum absolute atomic E-state index is 12.3. The highest BCUT2D eigenvalue weighted by atomic mass is 32.1. The van der Waals surface area contributed by atoms with Crippen molar-refractivity contribution in [2.24, 2.45) is 0 Å². The van der Waals surface area contributed by atoms with Gasteiger partial charge in [0.25, 0.3) is 5.91 Å². The van der Waals surface area contributed by atoms with Crippen LogP contribution in [0.5, 0.6) is 0 Å². The van der Waals surface area contributed by atoms with Crippen molar-refractivity contribution in [3.63, 3.8) is 0 Å². The number of carbonyl (C=O) groups excluding carboxylic acids is 2. The summed E-state index contributed by atoms with van der Waals surface area (Å²) in [7, 11) is 0. The van der Waals surface area contributed by atoms with Crippen LogP contribution in [0.1, 0.15) is 16.9 Å². The highest BCUT2D eigenvalue weighted by Crippen LogP contribution is 2.23. The standard InChI is InChI=1S/C23H25N5O2S/c29-21(11-12-27-13-15-28(16-14-27)19-9-5-2-6-10-19)25-26-22(30)20-17-31-23(24-20)18-7-3-1-4-8-18/h1-10,17H,11-16H2,(H,25,29)(H,26,30). The summed E-state index contributed by atoms with van der Waals surface area (Å²) in [6, 6.07) is 20.0. The number of hydrogen-bond acceptors (Lipinski definition) is 6. The van der Waals surface area contributed by atoms with E-state index in [9.17, 15) is 9.59 Å². The fourth-order valence-corrected chi connectivity index (χ4v) is 4.28. The molecule has 0 spiro atoms. The van der Waals surface area contributed by atoms with Crippen LogP contribution >= 0.6 is 11.3 Å². The Morgan fingerprint density at radius 3 is 2.29 bits per heavy atom. The fourth-order valence-electron chi connectivity index (χ4n) is 3.47. The van der Waals surface area contributed by atoms with Crippen LogP contribution in [0, 0.1) is 0 Å². The number of rotatable bonds is 6. The molecule has 31 heavy (non-hydrogen) atoms. The van der Waals surface area contributed by atoms with Crippen LogP contribution in [0.25, 0.3) is 10.6 Å². The van der Waals surface area contributed by atoms with Crippen molar-refractivity contribution in [2.45, 2.75) is 6.42 Å². The number of thiazole rings is 1. The second-order valence-corrected chi connectivity index (χ2v) is 8.18. The summed E-state index contributed by atoms with van der Waals surface area (Å²) >= 11 is 1.40. The smallest absolute Gasteiger partial charge is 0.289 e. The summed E-state index contributed by atoms with van der Waals surface area (Å²) in [5.74, 6) is -0.624. The predicted octanol–water partition coefficient (Wildman–Crippen LogP) is 2.78. The van der Waals surface area contributed by atoms with Gasteiger partial charge in [-0.15, -0.1) is 11.3 Å². The number of benzene rings is 2. The molecule has 2 N–H and O–H groups in total. The number of amides is 2. The minimum absolute atomic E-state index is 0.211. The first-order valence-electron chi connectivity index (χ1n) is 10.3. The molecule has 0 radical (unpaired) electrons. The molecule has 4 rings (SSSR count). The van der Waals surface area contributed by atoms with Crippen molar-refractivity contribution < 1.29 is 9.59 Å². The van der Waals surface area contributed by atoms with Crippen molar-refractivity contribution in [2.75, 3.05) is 37.6 Å². The lowest BCUT2D eigenvalue weighted by molar-refractivity contribution is -0.122. The molecule has 1 fully saturated rings. The Kier molecular flexibility index (Phi) is 6.91. The molecule has 160 valence electrons. The molecule has 8 heteroatoms. The largest absolute Gasteiger partial charge is 0.369 e. The molecule has 1 aliphatic heterocycles. The van der Waals surface area contributed by atoms with Crippen LogP contribution in [0.4, 0.5) is 5.69 Å². The van der Waals surface area contributed by atoms with Crippen LogP contribution in [-0.4, -0.2) is 54.4 Å². The molecule has 1 saturated heterocycles. The van der Waals surface area contributed by atoms with Crippen molar-refractivity contribution in [3.05, 3.63) is 71.7 Å². The van der Waals surface area contributed by atoms with E-state index in [0.29, 0.717) is 18.7 Å². The number of hydrogen-bond donors (Lipinski definition) is 2. The zero-order valence-electron chi connectivity index (χ0n) is 17.2.